The van der Waals surface area contributed by atoms with Crippen molar-refractivity contribution in [3.05, 3.63) is 16.6 Å². The van der Waals surface area contributed by atoms with Gasteiger partial charge in [0.1, 0.15) is 16.6 Å². The fourth-order valence-corrected chi connectivity index (χ4v) is 3.28. The Bertz CT molecular complexity index is 503. The van der Waals surface area contributed by atoms with E-state index >= 15 is 0 Å². The summed E-state index contributed by atoms with van der Waals surface area (Å²) in [5, 5.41) is 5.63. The van der Waals surface area contributed by atoms with E-state index in [1.165, 1.54) is 11.3 Å². The monoisotopic (exact) mass is 295 g/mol. The van der Waals surface area contributed by atoms with Crippen molar-refractivity contribution in [2.45, 2.75) is 58.2 Å². The normalized spacial score (nSPS) is 28.4. The first-order valence-corrected chi connectivity index (χ1v) is 7.86. The zero-order valence-electron chi connectivity index (χ0n) is 12.3. The number of rotatable bonds is 4. The highest BCUT2D eigenvalue weighted by atomic mass is 32.1. The van der Waals surface area contributed by atoms with Crippen molar-refractivity contribution in [3.8, 4) is 0 Å². The number of amides is 2. The fourth-order valence-electron chi connectivity index (χ4n) is 2.59. The van der Waals surface area contributed by atoms with Gasteiger partial charge in [-0.05, 0) is 26.7 Å². The van der Waals surface area contributed by atoms with Crippen molar-refractivity contribution in [3.63, 3.8) is 0 Å². The Morgan fingerprint density at radius 2 is 2.20 bits per heavy atom. The molecule has 20 heavy (non-hydrogen) atoms. The summed E-state index contributed by atoms with van der Waals surface area (Å²) in [6.45, 7) is 7.57. The number of hydrogen-bond acceptors (Lipinski definition) is 4. The molecule has 5 nitrogen and oxygen atoms in total. The molecule has 0 aliphatic carbocycles. The summed E-state index contributed by atoms with van der Waals surface area (Å²) >= 11 is 1.51. The van der Waals surface area contributed by atoms with Crippen molar-refractivity contribution in [1.29, 1.82) is 0 Å². The lowest BCUT2D eigenvalue weighted by Crippen LogP contribution is -2.69. The first-order chi connectivity index (χ1) is 9.44. The number of aromatic nitrogens is 1. The molecule has 0 aromatic carbocycles. The lowest BCUT2D eigenvalue weighted by atomic mass is 9.90. The molecule has 0 spiro atoms. The SMILES string of the molecule is CCC1C(=O)NC(C)(CC)C(=O)N1C(C)c1nccs1. The molecule has 0 radical (unpaired) electrons. The van der Waals surface area contributed by atoms with Crippen LogP contribution in [0.2, 0.25) is 0 Å². The molecule has 110 valence electrons. The second-order valence-electron chi connectivity index (χ2n) is 5.36. The first kappa shape index (κ1) is 15.0. The summed E-state index contributed by atoms with van der Waals surface area (Å²) in [5.74, 6) is -0.0889. The van der Waals surface area contributed by atoms with Crippen LogP contribution in [0, 0.1) is 0 Å². The minimum Gasteiger partial charge on any atom is -0.340 e. The largest absolute Gasteiger partial charge is 0.340 e. The van der Waals surface area contributed by atoms with Gasteiger partial charge in [0.25, 0.3) is 0 Å². The van der Waals surface area contributed by atoms with E-state index in [4.69, 9.17) is 0 Å². The van der Waals surface area contributed by atoms with E-state index in [2.05, 4.69) is 10.3 Å². The van der Waals surface area contributed by atoms with Crippen LogP contribution in [0.3, 0.4) is 0 Å². The summed E-state index contributed by atoms with van der Waals surface area (Å²) in [5.41, 5.74) is -0.811. The van der Waals surface area contributed by atoms with Crippen molar-refractivity contribution < 1.29 is 9.59 Å². The Morgan fingerprint density at radius 1 is 1.50 bits per heavy atom. The molecule has 1 saturated heterocycles. The highest BCUT2D eigenvalue weighted by Crippen LogP contribution is 2.32. The molecule has 2 rings (SSSR count). The number of piperazine rings is 1. The fraction of sp³-hybridized carbons (Fsp3) is 0.643. The average molecular weight is 295 g/mol. The van der Waals surface area contributed by atoms with Gasteiger partial charge in [-0.15, -0.1) is 11.3 Å². The molecule has 3 unspecified atom stereocenters. The van der Waals surface area contributed by atoms with Gasteiger partial charge in [-0.2, -0.15) is 0 Å². The van der Waals surface area contributed by atoms with Crippen LogP contribution in [0.4, 0.5) is 0 Å². The zero-order chi connectivity index (χ0) is 14.9. The van der Waals surface area contributed by atoms with E-state index in [9.17, 15) is 9.59 Å². The van der Waals surface area contributed by atoms with Gasteiger partial charge in [0.05, 0.1) is 6.04 Å². The van der Waals surface area contributed by atoms with E-state index in [1.807, 2.05) is 26.2 Å². The van der Waals surface area contributed by atoms with E-state index in [-0.39, 0.29) is 17.9 Å². The number of nitrogens with zero attached hydrogens (tertiary/aromatic N) is 2. The molecule has 0 bridgehead atoms. The molecule has 1 aromatic rings. The first-order valence-electron chi connectivity index (χ1n) is 6.98. The summed E-state index contributed by atoms with van der Waals surface area (Å²) in [4.78, 5) is 31.1. The third-order valence-electron chi connectivity index (χ3n) is 4.06. The molecule has 1 aromatic heterocycles. The van der Waals surface area contributed by atoms with Crippen LogP contribution in [0.15, 0.2) is 11.6 Å². The number of hydrogen-bond donors (Lipinski definition) is 1. The summed E-state index contributed by atoms with van der Waals surface area (Å²) in [6.07, 6.45) is 2.91. The van der Waals surface area contributed by atoms with Crippen LogP contribution in [0.1, 0.15) is 51.6 Å². The minimum absolute atomic E-state index is 0.0193. The van der Waals surface area contributed by atoms with Crippen molar-refractivity contribution in [2.24, 2.45) is 0 Å². The quantitative estimate of drug-likeness (QED) is 0.925. The van der Waals surface area contributed by atoms with Crippen LogP contribution in [0.25, 0.3) is 0 Å². The molecule has 1 fully saturated rings. The predicted molar refractivity (Wildman–Crippen MR) is 78.3 cm³/mol. The second kappa shape index (κ2) is 5.52. The maximum absolute atomic E-state index is 12.8. The van der Waals surface area contributed by atoms with Crippen molar-refractivity contribution in [2.75, 3.05) is 0 Å². The maximum Gasteiger partial charge on any atom is 0.249 e. The van der Waals surface area contributed by atoms with E-state index in [0.29, 0.717) is 12.8 Å². The molecular formula is C14H21N3O2S. The molecule has 6 heteroatoms. The molecular weight excluding hydrogens is 274 g/mol. The molecule has 1 aliphatic rings. The van der Waals surface area contributed by atoms with Gasteiger partial charge >= 0.3 is 0 Å². The van der Waals surface area contributed by atoms with Gasteiger partial charge in [-0.25, -0.2) is 4.98 Å². The lowest BCUT2D eigenvalue weighted by molar-refractivity contribution is -0.157. The average Bonchev–Trinajstić information content (AvgIpc) is 2.95. The van der Waals surface area contributed by atoms with E-state index in [1.54, 1.807) is 18.0 Å². The third-order valence-corrected chi connectivity index (χ3v) is 5.01. The van der Waals surface area contributed by atoms with Crippen LogP contribution < -0.4 is 5.32 Å². The highest BCUT2D eigenvalue weighted by molar-refractivity contribution is 7.09. The number of nitrogens with one attached hydrogen (secondary N) is 1. The summed E-state index contributed by atoms with van der Waals surface area (Å²) < 4.78 is 0. The minimum atomic E-state index is -0.811. The maximum atomic E-state index is 12.8. The molecule has 2 amide bonds. The van der Waals surface area contributed by atoms with E-state index in [0.717, 1.165) is 5.01 Å². The van der Waals surface area contributed by atoms with Crippen LogP contribution in [-0.4, -0.2) is 33.3 Å². The lowest BCUT2D eigenvalue weighted by Gasteiger charge is -2.46. The van der Waals surface area contributed by atoms with Gasteiger partial charge in [0, 0.05) is 11.6 Å². The molecule has 1 N–H and O–H groups in total. The Labute approximate surface area is 123 Å². The van der Waals surface area contributed by atoms with Crippen LogP contribution in [-0.2, 0) is 9.59 Å². The highest BCUT2D eigenvalue weighted by Gasteiger charge is 2.48. The number of carbonyl (C=O) groups excluding carboxylic acids is 2. The third kappa shape index (κ3) is 2.32. The standard InChI is InChI=1S/C14H21N3O2S/c1-5-10-11(18)16-14(4,6-2)13(19)17(10)9(3)12-15-7-8-20-12/h7-10H,5-6H2,1-4H3,(H,16,18). The topological polar surface area (TPSA) is 62.3 Å². The Hall–Kier alpha value is -1.43. The number of thiazole rings is 1. The van der Waals surface area contributed by atoms with Gasteiger partial charge in [0.2, 0.25) is 11.8 Å². The zero-order valence-corrected chi connectivity index (χ0v) is 13.2. The van der Waals surface area contributed by atoms with Gasteiger partial charge in [-0.3, -0.25) is 9.59 Å². The predicted octanol–water partition coefficient (Wildman–Crippen LogP) is 2.11. The van der Waals surface area contributed by atoms with Crippen LogP contribution >= 0.6 is 11.3 Å². The Balaban J connectivity index is 2.39. The van der Waals surface area contributed by atoms with Gasteiger partial charge in [-0.1, -0.05) is 13.8 Å². The van der Waals surface area contributed by atoms with Crippen molar-refractivity contribution in [1.82, 2.24) is 15.2 Å². The van der Waals surface area contributed by atoms with Gasteiger partial charge < -0.3 is 10.2 Å². The van der Waals surface area contributed by atoms with Gasteiger partial charge in [0.15, 0.2) is 0 Å². The molecule has 3 atom stereocenters. The summed E-state index contributed by atoms with van der Waals surface area (Å²) in [7, 11) is 0. The molecule has 2 heterocycles. The smallest absolute Gasteiger partial charge is 0.249 e. The van der Waals surface area contributed by atoms with Crippen LogP contribution in [0.5, 0.6) is 0 Å². The second-order valence-corrected chi connectivity index (χ2v) is 6.28. The summed E-state index contributed by atoms with van der Waals surface area (Å²) in [6, 6.07) is -0.592. The molecule has 0 saturated carbocycles. The van der Waals surface area contributed by atoms with Crippen molar-refractivity contribution >= 4 is 23.2 Å². The number of carbonyl (C=O) groups is 2. The molecule has 1 aliphatic heterocycles. The van der Waals surface area contributed by atoms with E-state index < -0.39 is 11.6 Å². The Morgan fingerprint density at radius 3 is 2.70 bits per heavy atom. The Kier molecular flexibility index (Phi) is 4.13.